The lowest BCUT2D eigenvalue weighted by molar-refractivity contribution is -0.132. The van der Waals surface area contributed by atoms with Gasteiger partial charge < -0.3 is 14.3 Å². The van der Waals surface area contributed by atoms with Gasteiger partial charge in [-0.2, -0.15) is 0 Å². The highest BCUT2D eigenvalue weighted by Crippen LogP contribution is 2.49. The maximum Gasteiger partial charge on any atom is 0.308 e. The Hall–Kier alpha value is -2.80. The largest absolute Gasteiger partial charge is 0.502 e. The molecule has 124 valence electrons. The number of rotatable bonds is 3. The predicted molar refractivity (Wildman–Crippen MR) is 83.9 cm³/mol. The summed E-state index contributed by atoms with van der Waals surface area (Å²) < 4.78 is 10.5. The van der Waals surface area contributed by atoms with E-state index in [4.69, 9.17) is 20.8 Å². The van der Waals surface area contributed by atoms with Gasteiger partial charge in [-0.05, 0) is 12.1 Å². The zero-order valence-corrected chi connectivity index (χ0v) is 13.3. The molecule has 0 unspecified atom stereocenters. The lowest BCUT2D eigenvalue weighted by Crippen LogP contribution is -2.28. The van der Waals surface area contributed by atoms with Crippen LogP contribution in [0.25, 0.3) is 11.3 Å². The van der Waals surface area contributed by atoms with Gasteiger partial charge in [0, 0.05) is 30.4 Å². The topological polar surface area (TPSA) is 97.0 Å². The molecule has 24 heavy (non-hydrogen) atoms. The van der Waals surface area contributed by atoms with Crippen molar-refractivity contribution in [2.45, 2.75) is 19.8 Å². The van der Waals surface area contributed by atoms with Gasteiger partial charge in [0.2, 0.25) is 23.3 Å². The van der Waals surface area contributed by atoms with E-state index in [1.807, 2.05) is 0 Å². The van der Waals surface area contributed by atoms with Crippen molar-refractivity contribution >= 4 is 35.3 Å². The Kier molecular flexibility index (Phi) is 4.02. The van der Waals surface area contributed by atoms with E-state index in [1.165, 1.54) is 6.07 Å². The number of carbonyl (C=O) groups is 3. The number of esters is 1. The molecule has 0 atom stereocenters. The fourth-order valence-electron chi connectivity index (χ4n) is 2.41. The molecule has 2 heterocycles. The normalized spacial score (nSPS) is 14.3. The molecule has 3 rings (SSSR count). The molecule has 0 saturated carbocycles. The van der Waals surface area contributed by atoms with Gasteiger partial charge in [0.25, 0.3) is 5.88 Å². The third-order valence-corrected chi connectivity index (χ3v) is 3.65. The number of imide groups is 1. The quantitative estimate of drug-likeness (QED) is 0.676. The highest BCUT2D eigenvalue weighted by molar-refractivity contribution is 6.30. The summed E-state index contributed by atoms with van der Waals surface area (Å²) in [6.07, 6.45) is 0.0403. The van der Waals surface area contributed by atoms with Crippen LogP contribution in [-0.2, 0) is 14.4 Å². The van der Waals surface area contributed by atoms with Crippen molar-refractivity contribution in [3.8, 4) is 22.8 Å². The minimum atomic E-state index is -0.732. The minimum absolute atomic E-state index is 0.0201. The average Bonchev–Trinajstić information content (AvgIpc) is 3.00. The van der Waals surface area contributed by atoms with Gasteiger partial charge in [-0.25, -0.2) is 4.90 Å². The second kappa shape index (κ2) is 6.01. The molecule has 1 aromatic carbocycles. The standard InChI is InChI=1S/C16H12ClNO6/c1-8(19)23-15-13(22)14(9-3-2-4-10(17)7-9)24-16(15)18-11(20)5-6-12(18)21/h2-4,7,22H,5-6H2,1H3. The summed E-state index contributed by atoms with van der Waals surface area (Å²) >= 11 is 5.92. The summed E-state index contributed by atoms with van der Waals surface area (Å²) in [7, 11) is 0. The number of halogens is 1. The molecular formula is C16H12ClNO6. The van der Waals surface area contributed by atoms with E-state index in [9.17, 15) is 19.5 Å². The highest BCUT2D eigenvalue weighted by atomic mass is 35.5. The van der Waals surface area contributed by atoms with Crippen LogP contribution in [0.1, 0.15) is 19.8 Å². The molecule has 8 heteroatoms. The summed E-state index contributed by atoms with van der Waals surface area (Å²) in [6, 6.07) is 6.40. The number of anilines is 1. The summed E-state index contributed by atoms with van der Waals surface area (Å²) in [5, 5.41) is 10.8. The van der Waals surface area contributed by atoms with E-state index >= 15 is 0 Å². The fourth-order valence-corrected chi connectivity index (χ4v) is 2.60. The number of amides is 2. The number of hydrogen-bond donors (Lipinski definition) is 1. The molecular weight excluding hydrogens is 338 g/mol. The first-order valence-electron chi connectivity index (χ1n) is 7.04. The van der Waals surface area contributed by atoms with Crippen LogP contribution < -0.4 is 9.64 Å². The van der Waals surface area contributed by atoms with Gasteiger partial charge in [-0.1, -0.05) is 23.7 Å². The molecule has 7 nitrogen and oxygen atoms in total. The third-order valence-electron chi connectivity index (χ3n) is 3.41. The van der Waals surface area contributed by atoms with Gasteiger partial charge >= 0.3 is 5.97 Å². The van der Waals surface area contributed by atoms with Gasteiger partial charge in [0.1, 0.15) is 0 Å². The number of furan rings is 1. The number of benzene rings is 1. The van der Waals surface area contributed by atoms with E-state index in [1.54, 1.807) is 18.2 Å². The van der Waals surface area contributed by atoms with Crippen molar-refractivity contribution in [3.63, 3.8) is 0 Å². The Morgan fingerprint density at radius 2 is 1.96 bits per heavy atom. The third kappa shape index (κ3) is 2.74. The van der Waals surface area contributed by atoms with Crippen molar-refractivity contribution < 1.29 is 28.6 Å². The molecule has 1 fully saturated rings. The summed E-state index contributed by atoms with van der Waals surface area (Å²) in [6.45, 7) is 1.13. The van der Waals surface area contributed by atoms with Crippen molar-refractivity contribution in [3.05, 3.63) is 29.3 Å². The minimum Gasteiger partial charge on any atom is -0.502 e. The van der Waals surface area contributed by atoms with Crippen LogP contribution in [-0.4, -0.2) is 22.9 Å². The Balaban J connectivity index is 2.17. The maximum atomic E-state index is 11.9. The van der Waals surface area contributed by atoms with Crippen LogP contribution in [0.2, 0.25) is 5.02 Å². The Labute approximate surface area is 141 Å². The second-order valence-electron chi connectivity index (χ2n) is 5.14. The van der Waals surface area contributed by atoms with E-state index in [0.29, 0.717) is 10.6 Å². The average molecular weight is 350 g/mol. The lowest BCUT2D eigenvalue weighted by atomic mass is 10.1. The van der Waals surface area contributed by atoms with Crippen LogP contribution in [0.15, 0.2) is 28.7 Å². The molecule has 0 bridgehead atoms. The number of carbonyl (C=O) groups excluding carboxylic acids is 3. The molecule has 1 aromatic heterocycles. The molecule has 0 aliphatic carbocycles. The van der Waals surface area contributed by atoms with Crippen LogP contribution in [0.4, 0.5) is 5.88 Å². The molecule has 1 saturated heterocycles. The number of hydrogen-bond acceptors (Lipinski definition) is 6. The summed E-state index contributed by atoms with van der Waals surface area (Å²) in [5.41, 5.74) is 0.402. The van der Waals surface area contributed by atoms with E-state index in [2.05, 4.69) is 0 Å². The van der Waals surface area contributed by atoms with E-state index in [-0.39, 0.29) is 30.2 Å². The molecule has 0 spiro atoms. The maximum absolute atomic E-state index is 11.9. The van der Waals surface area contributed by atoms with Crippen LogP contribution in [0.5, 0.6) is 11.5 Å². The number of aromatic hydroxyl groups is 1. The molecule has 1 aliphatic rings. The van der Waals surface area contributed by atoms with Crippen molar-refractivity contribution in [1.29, 1.82) is 0 Å². The first-order valence-corrected chi connectivity index (χ1v) is 7.42. The lowest BCUT2D eigenvalue weighted by Gasteiger charge is -2.11. The molecule has 1 N–H and O–H groups in total. The molecule has 1 aliphatic heterocycles. The number of nitrogens with zero attached hydrogens (tertiary/aromatic N) is 1. The first-order chi connectivity index (χ1) is 11.4. The molecule has 2 aromatic rings. The first kappa shape index (κ1) is 16.1. The Morgan fingerprint density at radius 1 is 1.29 bits per heavy atom. The van der Waals surface area contributed by atoms with Crippen molar-refractivity contribution in [1.82, 2.24) is 0 Å². The van der Waals surface area contributed by atoms with Crippen molar-refractivity contribution in [2.75, 3.05) is 4.90 Å². The Morgan fingerprint density at radius 3 is 2.54 bits per heavy atom. The van der Waals surface area contributed by atoms with E-state index < -0.39 is 23.5 Å². The zero-order chi connectivity index (χ0) is 17.4. The van der Waals surface area contributed by atoms with Gasteiger partial charge in [0.15, 0.2) is 5.76 Å². The summed E-state index contributed by atoms with van der Waals surface area (Å²) in [4.78, 5) is 36.0. The van der Waals surface area contributed by atoms with Gasteiger partial charge in [0.05, 0.1) is 0 Å². The smallest absolute Gasteiger partial charge is 0.308 e. The highest BCUT2D eigenvalue weighted by Gasteiger charge is 2.38. The number of ether oxygens (including phenoxy) is 1. The van der Waals surface area contributed by atoms with Crippen LogP contribution in [0.3, 0.4) is 0 Å². The monoisotopic (exact) mass is 349 g/mol. The van der Waals surface area contributed by atoms with Gasteiger partial charge in [-0.15, -0.1) is 0 Å². The van der Waals surface area contributed by atoms with Crippen molar-refractivity contribution in [2.24, 2.45) is 0 Å². The zero-order valence-electron chi connectivity index (χ0n) is 12.5. The Bertz CT molecular complexity index is 840. The molecule has 2 amide bonds. The fraction of sp³-hybridized carbons (Fsp3) is 0.188. The van der Waals surface area contributed by atoms with Crippen LogP contribution in [0, 0.1) is 0 Å². The van der Waals surface area contributed by atoms with Gasteiger partial charge in [-0.3, -0.25) is 14.4 Å². The SMILES string of the molecule is CC(=O)Oc1c(N2C(=O)CCC2=O)oc(-c2cccc(Cl)c2)c1O. The van der Waals surface area contributed by atoms with Crippen LogP contribution >= 0.6 is 11.6 Å². The van der Waals surface area contributed by atoms with E-state index in [0.717, 1.165) is 11.8 Å². The molecule has 0 radical (unpaired) electrons. The summed E-state index contributed by atoms with van der Waals surface area (Å²) in [5.74, 6) is -2.97. The second-order valence-corrected chi connectivity index (χ2v) is 5.58. The predicted octanol–water partition coefficient (Wildman–Crippen LogP) is 2.88.